The maximum Gasteiger partial charge on any atom is 0.257 e. The van der Waals surface area contributed by atoms with Gasteiger partial charge < -0.3 is 10.1 Å². The molecule has 2 rings (SSSR count). The highest BCUT2D eigenvalue weighted by Crippen LogP contribution is 2.16. The first-order valence-electron chi connectivity index (χ1n) is 9.00. The number of anilines is 1. The fourth-order valence-corrected chi connectivity index (χ4v) is 2.69. The van der Waals surface area contributed by atoms with E-state index < -0.39 is 0 Å². The number of aryl methyl sites for hydroxylation is 1. The zero-order valence-corrected chi connectivity index (χ0v) is 16.2. The van der Waals surface area contributed by atoms with Gasteiger partial charge in [-0.1, -0.05) is 43.9 Å². The first-order valence-corrected chi connectivity index (χ1v) is 9.41. The van der Waals surface area contributed by atoms with Gasteiger partial charge in [-0.3, -0.25) is 10.1 Å². The van der Waals surface area contributed by atoms with Gasteiger partial charge in [0, 0.05) is 11.3 Å². The van der Waals surface area contributed by atoms with E-state index in [4.69, 9.17) is 17.0 Å². The Morgan fingerprint density at radius 2 is 1.85 bits per heavy atom. The van der Waals surface area contributed by atoms with E-state index in [2.05, 4.69) is 17.6 Å². The van der Waals surface area contributed by atoms with Crippen molar-refractivity contribution in [2.45, 2.75) is 39.5 Å². The third-order valence-corrected chi connectivity index (χ3v) is 4.09. The van der Waals surface area contributed by atoms with Crippen molar-refractivity contribution in [1.29, 1.82) is 0 Å². The topological polar surface area (TPSA) is 50.4 Å². The Morgan fingerprint density at radius 1 is 1.08 bits per heavy atom. The standard InChI is InChI=1S/C21H26N2O2S/c1-3-4-5-6-14-25-19-12-10-18(11-13-19)22-21(26)23-20(24)17-9-7-8-16(2)15-17/h7-13,15H,3-6,14H2,1-2H3,(H2,22,23,24,26). The van der Waals surface area contributed by atoms with E-state index in [0.717, 1.165) is 30.0 Å². The smallest absolute Gasteiger partial charge is 0.257 e. The summed E-state index contributed by atoms with van der Waals surface area (Å²) in [6.45, 7) is 4.87. The molecule has 0 aromatic heterocycles. The molecule has 0 unspecified atom stereocenters. The number of thiocarbonyl (C=S) groups is 1. The van der Waals surface area contributed by atoms with E-state index in [-0.39, 0.29) is 11.0 Å². The molecule has 138 valence electrons. The number of carbonyl (C=O) groups excluding carboxylic acids is 1. The molecule has 1 amide bonds. The molecule has 0 atom stereocenters. The van der Waals surface area contributed by atoms with Crippen LogP contribution in [0.5, 0.6) is 5.75 Å². The lowest BCUT2D eigenvalue weighted by atomic mass is 10.1. The maximum absolute atomic E-state index is 12.2. The van der Waals surface area contributed by atoms with Gasteiger partial charge in [0.15, 0.2) is 5.11 Å². The minimum Gasteiger partial charge on any atom is -0.494 e. The van der Waals surface area contributed by atoms with Gasteiger partial charge in [-0.15, -0.1) is 0 Å². The van der Waals surface area contributed by atoms with Gasteiger partial charge in [0.25, 0.3) is 5.91 Å². The molecule has 0 fully saturated rings. The van der Waals surface area contributed by atoms with Crippen molar-refractivity contribution in [1.82, 2.24) is 5.32 Å². The summed E-state index contributed by atoms with van der Waals surface area (Å²) in [6.07, 6.45) is 4.74. The summed E-state index contributed by atoms with van der Waals surface area (Å²) in [5.74, 6) is 0.611. The molecule has 0 spiro atoms. The largest absolute Gasteiger partial charge is 0.494 e. The van der Waals surface area contributed by atoms with Crippen LogP contribution in [0.3, 0.4) is 0 Å². The average Bonchev–Trinajstić information content (AvgIpc) is 2.63. The number of carbonyl (C=O) groups is 1. The molecule has 2 aromatic rings. The Morgan fingerprint density at radius 3 is 2.54 bits per heavy atom. The van der Waals surface area contributed by atoms with Crippen molar-refractivity contribution in [3.63, 3.8) is 0 Å². The molecule has 0 radical (unpaired) electrons. The Kier molecular flexibility index (Phi) is 8.09. The highest BCUT2D eigenvalue weighted by molar-refractivity contribution is 7.80. The Labute approximate surface area is 161 Å². The number of unbranched alkanes of at least 4 members (excludes halogenated alkanes) is 3. The van der Waals surface area contributed by atoms with Crippen LogP contribution >= 0.6 is 12.2 Å². The summed E-state index contributed by atoms with van der Waals surface area (Å²) in [6, 6.07) is 14.9. The van der Waals surface area contributed by atoms with Crippen LogP contribution in [0.2, 0.25) is 0 Å². The third kappa shape index (κ3) is 6.84. The van der Waals surface area contributed by atoms with Crippen molar-refractivity contribution in [3.05, 3.63) is 59.7 Å². The van der Waals surface area contributed by atoms with Crippen molar-refractivity contribution in [2.75, 3.05) is 11.9 Å². The first kappa shape index (κ1) is 19.9. The number of ether oxygens (including phenoxy) is 1. The molecule has 0 saturated heterocycles. The summed E-state index contributed by atoms with van der Waals surface area (Å²) >= 11 is 5.21. The van der Waals surface area contributed by atoms with Crippen LogP contribution in [0, 0.1) is 6.92 Å². The number of hydrogen-bond donors (Lipinski definition) is 2. The number of amides is 1. The van der Waals surface area contributed by atoms with E-state index in [9.17, 15) is 4.79 Å². The Balaban J connectivity index is 1.79. The molecule has 0 saturated carbocycles. The van der Waals surface area contributed by atoms with Gasteiger partial charge in [0.05, 0.1) is 6.61 Å². The van der Waals surface area contributed by atoms with Gasteiger partial charge in [-0.25, -0.2) is 0 Å². The summed E-state index contributed by atoms with van der Waals surface area (Å²) in [7, 11) is 0. The van der Waals surface area contributed by atoms with E-state index in [0.29, 0.717) is 5.56 Å². The van der Waals surface area contributed by atoms with Crippen LogP contribution in [-0.2, 0) is 0 Å². The minimum absolute atomic E-state index is 0.224. The van der Waals surface area contributed by atoms with E-state index in [1.54, 1.807) is 6.07 Å². The summed E-state index contributed by atoms with van der Waals surface area (Å²) in [5.41, 5.74) is 2.42. The fourth-order valence-electron chi connectivity index (χ4n) is 2.48. The number of hydrogen-bond acceptors (Lipinski definition) is 3. The van der Waals surface area contributed by atoms with Crippen LogP contribution in [-0.4, -0.2) is 17.6 Å². The second-order valence-electron chi connectivity index (χ2n) is 6.21. The lowest BCUT2D eigenvalue weighted by Crippen LogP contribution is -2.34. The van der Waals surface area contributed by atoms with Gasteiger partial charge in [0.2, 0.25) is 0 Å². The molecule has 5 heteroatoms. The number of nitrogens with one attached hydrogen (secondary N) is 2. The lowest BCUT2D eigenvalue weighted by Gasteiger charge is -2.11. The highest BCUT2D eigenvalue weighted by atomic mass is 32.1. The van der Waals surface area contributed by atoms with Crippen molar-refractivity contribution in [3.8, 4) is 5.75 Å². The maximum atomic E-state index is 12.2. The molecular weight excluding hydrogens is 344 g/mol. The van der Waals surface area contributed by atoms with E-state index in [1.807, 2.05) is 49.4 Å². The molecule has 0 aliphatic rings. The van der Waals surface area contributed by atoms with Gasteiger partial charge in [0.1, 0.15) is 5.75 Å². The second kappa shape index (κ2) is 10.6. The van der Waals surface area contributed by atoms with Gasteiger partial charge in [-0.05, 0) is 62.0 Å². The normalized spacial score (nSPS) is 10.2. The summed E-state index contributed by atoms with van der Waals surface area (Å²) in [4.78, 5) is 12.2. The zero-order valence-electron chi connectivity index (χ0n) is 15.4. The molecule has 26 heavy (non-hydrogen) atoms. The molecule has 0 bridgehead atoms. The SMILES string of the molecule is CCCCCCOc1ccc(NC(=S)NC(=O)c2cccc(C)c2)cc1. The fraction of sp³-hybridized carbons (Fsp3) is 0.333. The summed E-state index contributed by atoms with van der Waals surface area (Å²) in [5, 5.41) is 5.97. The van der Waals surface area contributed by atoms with E-state index in [1.165, 1.54) is 19.3 Å². The van der Waals surface area contributed by atoms with Crippen LogP contribution < -0.4 is 15.4 Å². The summed E-state index contributed by atoms with van der Waals surface area (Å²) < 4.78 is 5.72. The molecular formula is C21H26N2O2S. The Hall–Kier alpha value is -2.40. The van der Waals surface area contributed by atoms with Crippen LogP contribution in [0.25, 0.3) is 0 Å². The predicted octanol–water partition coefficient (Wildman–Crippen LogP) is 5.08. The van der Waals surface area contributed by atoms with Crippen molar-refractivity contribution in [2.24, 2.45) is 0 Å². The van der Waals surface area contributed by atoms with E-state index >= 15 is 0 Å². The number of rotatable bonds is 8. The monoisotopic (exact) mass is 370 g/mol. The third-order valence-electron chi connectivity index (χ3n) is 3.89. The van der Waals surface area contributed by atoms with Gasteiger partial charge in [-0.2, -0.15) is 0 Å². The molecule has 0 heterocycles. The second-order valence-corrected chi connectivity index (χ2v) is 6.62. The molecule has 2 aromatic carbocycles. The lowest BCUT2D eigenvalue weighted by molar-refractivity contribution is 0.0977. The van der Waals surface area contributed by atoms with Crippen LogP contribution in [0.1, 0.15) is 48.5 Å². The van der Waals surface area contributed by atoms with Crippen LogP contribution in [0.15, 0.2) is 48.5 Å². The quantitative estimate of drug-likeness (QED) is 0.502. The number of benzene rings is 2. The van der Waals surface area contributed by atoms with Gasteiger partial charge >= 0.3 is 0 Å². The average molecular weight is 371 g/mol. The Bertz CT molecular complexity index is 729. The molecule has 4 nitrogen and oxygen atoms in total. The molecule has 0 aliphatic heterocycles. The van der Waals surface area contributed by atoms with Crippen molar-refractivity contribution < 1.29 is 9.53 Å². The zero-order chi connectivity index (χ0) is 18.8. The predicted molar refractivity (Wildman–Crippen MR) is 111 cm³/mol. The molecule has 0 aliphatic carbocycles. The highest BCUT2D eigenvalue weighted by Gasteiger charge is 2.08. The minimum atomic E-state index is -0.224. The first-order chi connectivity index (χ1) is 12.6. The van der Waals surface area contributed by atoms with Crippen molar-refractivity contribution >= 4 is 28.9 Å². The van der Waals surface area contributed by atoms with Crippen LogP contribution in [0.4, 0.5) is 5.69 Å². The molecule has 2 N–H and O–H groups in total.